The molecule has 3 fully saturated rings. The summed E-state index contributed by atoms with van der Waals surface area (Å²) in [6.07, 6.45) is 8.17. The molecule has 0 bridgehead atoms. The number of methoxy groups -OCH3 is 2. The number of carbonyl (C=O) groups is 3. The largest absolute Gasteiger partial charge is 0.511 e. The van der Waals surface area contributed by atoms with Gasteiger partial charge in [-0.05, 0) is 90.9 Å². The monoisotopic (exact) mass is 540 g/mol. The molecule has 0 saturated heterocycles. The highest BCUT2D eigenvalue weighted by Gasteiger charge is 2.71. The number of fused-ring (bicyclic) bond motifs is 7. The second-order valence-electron chi connectivity index (χ2n) is 15.5. The summed E-state index contributed by atoms with van der Waals surface area (Å²) in [6.45, 7) is 15.4. The third kappa shape index (κ3) is 3.48. The summed E-state index contributed by atoms with van der Waals surface area (Å²) < 4.78 is 10.5. The maximum atomic E-state index is 14.5. The summed E-state index contributed by atoms with van der Waals surface area (Å²) in [7, 11) is 2.84. The average Bonchev–Trinajstić information content (AvgIpc) is 2.86. The van der Waals surface area contributed by atoms with E-state index in [2.05, 4.69) is 34.6 Å². The molecule has 6 nitrogen and oxygen atoms in total. The molecule has 0 amide bonds. The molecule has 3 saturated carbocycles. The Balaban J connectivity index is 1.68. The van der Waals surface area contributed by atoms with Crippen LogP contribution in [0.1, 0.15) is 99.8 Å². The molecule has 0 heterocycles. The molecule has 39 heavy (non-hydrogen) atoms. The first-order chi connectivity index (χ1) is 17.9. The molecule has 0 unspecified atom stereocenters. The minimum atomic E-state index is -0.626. The SMILES string of the molecule is COC(=O)C1=C(O)C(C)(C)[C@@H]2CC[C@]3(C)C(=CC(=O)[C@@H]4[C@@H]5CC(C)(C)CC[C@]5(C(=O)OC)CC[C@]43C)[C@@]2(C)C1. The number of aliphatic hydroxyl groups is 1. The Kier molecular flexibility index (Phi) is 6.16. The van der Waals surface area contributed by atoms with Gasteiger partial charge in [-0.15, -0.1) is 0 Å². The predicted molar refractivity (Wildman–Crippen MR) is 148 cm³/mol. The van der Waals surface area contributed by atoms with Gasteiger partial charge in [0.15, 0.2) is 5.78 Å². The fraction of sp³-hybridized carbons (Fsp3) is 0.788. The molecular formula is C33H48O6. The van der Waals surface area contributed by atoms with Crippen molar-refractivity contribution in [1.29, 1.82) is 0 Å². The highest BCUT2D eigenvalue weighted by molar-refractivity contribution is 5.96. The lowest BCUT2D eigenvalue weighted by Crippen LogP contribution is -2.65. The van der Waals surface area contributed by atoms with Gasteiger partial charge in [0.05, 0.1) is 25.2 Å². The number of rotatable bonds is 2. The van der Waals surface area contributed by atoms with E-state index in [0.29, 0.717) is 12.0 Å². The Morgan fingerprint density at radius 3 is 2.18 bits per heavy atom. The number of hydrogen-bond donors (Lipinski definition) is 1. The maximum Gasteiger partial charge on any atom is 0.337 e. The highest BCUT2D eigenvalue weighted by Crippen LogP contribution is 2.75. The normalized spacial score (nSPS) is 44.2. The average molecular weight is 541 g/mol. The molecule has 216 valence electrons. The Morgan fingerprint density at radius 2 is 1.56 bits per heavy atom. The zero-order valence-electron chi connectivity index (χ0n) is 25.5. The topological polar surface area (TPSA) is 89.9 Å². The van der Waals surface area contributed by atoms with E-state index >= 15 is 0 Å². The fourth-order valence-corrected chi connectivity index (χ4v) is 10.7. The van der Waals surface area contributed by atoms with Gasteiger partial charge >= 0.3 is 11.9 Å². The summed E-state index contributed by atoms with van der Waals surface area (Å²) in [6, 6.07) is 0. The third-order valence-electron chi connectivity index (χ3n) is 13.0. The second kappa shape index (κ2) is 8.45. The molecule has 0 aromatic heterocycles. The quantitative estimate of drug-likeness (QED) is 0.390. The van der Waals surface area contributed by atoms with Crippen LogP contribution in [0.2, 0.25) is 0 Å². The minimum Gasteiger partial charge on any atom is -0.511 e. The van der Waals surface area contributed by atoms with Gasteiger partial charge in [0, 0.05) is 11.3 Å². The van der Waals surface area contributed by atoms with Crippen LogP contribution < -0.4 is 0 Å². The van der Waals surface area contributed by atoms with Crippen LogP contribution in [0.4, 0.5) is 0 Å². The molecule has 0 radical (unpaired) electrons. The van der Waals surface area contributed by atoms with Crippen LogP contribution >= 0.6 is 0 Å². The van der Waals surface area contributed by atoms with Crippen LogP contribution in [0.3, 0.4) is 0 Å². The number of ketones is 1. The van der Waals surface area contributed by atoms with Crippen LogP contribution in [0.15, 0.2) is 23.0 Å². The number of allylic oxidation sites excluding steroid dienone is 3. The van der Waals surface area contributed by atoms with Gasteiger partial charge in [0.25, 0.3) is 0 Å². The number of esters is 2. The van der Waals surface area contributed by atoms with Crippen molar-refractivity contribution in [3.05, 3.63) is 23.0 Å². The molecular weight excluding hydrogens is 492 g/mol. The van der Waals surface area contributed by atoms with E-state index in [9.17, 15) is 19.5 Å². The smallest absolute Gasteiger partial charge is 0.337 e. The molecule has 0 spiro atoms. The van der Waals surface area contributed by atoms with E-state index in [1.807, 2.05) is 19.9 Å². The Bertz CT molecular complexity index is 1190. The van der Waals surface area contributed by atoms with Gasteiger partial charge in [0.1, 0.15) is 5.76 Å². The first-order valence-electron chi connectivity index (χ1n) is 14.8. The fourth-order valence-electron chi connectivity index (χ4n) is 10.7. The molecule has 6 heteroatoms. The zero-order chi connectivity index (χ0) is 29.0. The summed E-state index contributed by atoms with van der Waals surface area (Å²) in [5.41, 5.74) is -0.794. The summed E-state index contributed by atoms with van der Waals surface area (Å²) >= 11 is 0. The van der Waals surface area contributed by atoms with Crippen molar-refractivity contribution in [1.82, 2.24) is 0 Å². The standard InChI is InChI=1S/C33H48O6/c1-28(2)12-14-33(27(37)39-9)15-13-32(7)24(20(33)18-28)21(34)16-23-30(5)17-19(26(36)38-8)25(35)29(3,4)22(30)10-11-31(23,32)6/h16,20,22,24,35H,10-15,17-18H2,1-9H3/t20-,22-,24-,30-,31+,32+,33-/m0/s1. The van der Waals surface area contributed by atoms with Crippen LogP contribution in [0, 0.1) is 50.2 Å². The van der Waals surface area contributed by atoms with Crippen LogP contribution in [-0.2, 0) is 23.9 Å². The lowest BCUT2D eigenvalue weighted by atomic mass is 9.34. The van der Waals surface area contributed by atoms with Crippen LogP contribution in [0.25, 0.3) is 0 Å². The molecule has 5 aliphatic rings. The number of carbonyl (C=O) groups excluding carboxylic acids is 3. The van der Waals surface area contributed by atoms with Gasteiger partial charge in [-0.3, -0.25) is 9.59 Å². The van der Waals surface area contributed by atoms with Crippen molar-refractivity contribution in [2.75, 3.05) is 14.2 Å². The molecule has 5 aliphatic carbocycles. The zero-order valence-corrected chi connectivity index (χ0v) is 25.5. The Morgan fingerprint density at radius 1 is 0.923 bits per heavy atom. The van der Waals surface area contributed by atoms with Crippen molar-refractivity contribution >= 4 is 17.7 Å². The molecule has 0 aliphatic heterocycles. The number of hydrogen-bond acceptors (Lipinski definition) is 6. The Hall–Kier alpha value is -2.11. The minimum absolute atomic E-state index is 0.0559. The van der Waals surface area contributed by atoms with Gasteiger partial charge in [0.2, 0.25) is 0 Å². The molecule has 7 atom stereocenters. The number of aliphatic hydroxyl groups excluding tert-OH is 1. The second-order valence-corrected chi connectivity index (χ2v) is 15.5. The Labute approximate surface area is 234 Å². The van der Waals surface area contributed by atoms with Crippen molar-refractivity contribution in [2.24, 2.45) is 50.2 Å². The van der Waals surface area contributed by atoms with Crippen molar-refractivity contribution in [2.45, 2.75) is 99.8 Å². The summed E-state index contributed by atoms with van der Waals surface area (Å²) in [4.78, 5) is 40.8. The third-order valence-corrected chi connectivity index (χ3v) is 13.0. The van der Waals surface area contributed by atoms with Crippen molar-refractivity contribution in [3.63, 3.8) is 0 Å². The lowest BCUT2D eigenvalue weighted by molar-refractivity contribution is -0.192. The van der Waals surface area contributed by atoms with Gasteiger partial charge in [-0.1, -0.05) is 54.0 Å². The lowest BCUT2D eigenvalue weighted by Gasteiger charge is -2.69. The van der Waals surface area contributed by atoms with Gasteiger partial charge in [-0.25, -0.2) is 4.79 Å². The predicted octanol–water partition coefficient (Wildman–Crippen LogP) is 6.74. The van der Waals surface area contributed by atoms with Crippen molar-refractivity contribution < 1.29 is 29.0 Å². The van der Waals surface area contributed by atoms with E-state index < -0.39 is 22.2 Å². The molecule has 1 N–H and O–H groups in total. The first-order valence-corrected chi connectivity index (χ1v) is 14.8. The molecule has 0 aromatic rings. The van der Waals surface area contributed by atoms with Gasteiger partial charge in [-0.2, -0.15) is 0 Å². The van der Waals surface area contributed by atoms with E-state index in [-0.39, 0.29) is 51.5 Å². The highest BCUT2D eigenvalue weighted by atomic mass is 16.5. The molecule has 5 rings (SSSR count). The maximum absolute atomic E-state index is 14.5. The van der Waals surface area contributed by atoms with E-state index in [4.69, 9.17) is 9.47 Å². The number of ether oxygens (including phenoxy) is 2. The first kappa shape index (κ1) is 28.4. The summed E-state index contributed by atoms with van der Waals surface area (Å²) in [5.74, 6) is -0.625. The van der Waals surface area contributed by atoms with Crippen LogP contribution in [0.5, 0.6) is 0 Å². The molecule has 0 aromatic carbocycles. The summed E-state index contributed by atoms with van der Waals surface area (Å²) in [5, 5.41) is 11.2. The van der Waals surface area contributed by atoms with Crippen LogP contribution in [-0.4, -0.2) is 37.0 Å². The van der Waals surface area contributed by atoms with E-state index in [0.717, 1.165) is 50.5 Å². The van der Waals surface area contributed by atoms with Crippen molar-refractivity contribution in [3.8, 4) is 0 Å². The van der Waals surface area contributed by atoms with E-state index in [1.54, 1.807) is 0 Å². The van der Waals surface area contributed by atoms with Gasteiger partial charge < -0.3 is 14.6 Å². The van der Waals surface area contributed by atoms with E-state index in [1.165, 1.54) is 14.2 Å².